The van der Waals surface area contributed by atoms with E-state index in [0.717, 1.165) is 11.3 Å². The van der Waals surface area contributed by atoms with Gasteiger partial charge < -0.3 is 10.5 Å². The summed E-state index contributed by atoms with van der Waals surface area (Å²) in [5.74, 6) is 0.882. The van der Waals surface area contributed by atoms with Crippen LogP contribution >= 0.6 is 0 Å². The topological polar surface area (TPSA) is 35.2 Å². The van der Waals surface area contributed by atoms with Gasteiger partial charge in [-0.15, -0.1) is 0 Å². The summed E-state index contributed by atoms with van der Waals surface area (Å²) in [6, 6.07) is 6.15. The fourth-order valence-electron chi connectivity index (χ4n) is 1.24. The minimum atomic E-state index is 0.0696. The average Bonchev–Trinajstić information content (AvgIpc) is 2.15. The second-order valence-electron chi connectivity index (χ2n) is 3.46. The maximum absolute atomic E-state index is 5.64. The second-order valence-corrected chi connectivity index (χ2v) is 3.46. The number of methoxy groups -OCH3 is 1. The Labute approximate surface area is 85.4 Å². The SMILES string of the molecule is COc1ccc(C)cc1/C=C/C(C)N. The molecule has 1 aromatic rings. The molecule has 1 aromatic carbocycles. The maximum Gasteiger partial charge on any atom is 0.126 e. The van der Waals surface area contributed by atoms with Crippen LogP contribution < -0.4 is 10.5 Å². The molecule has 0 aliphatic heterocycles. The molecular weight excluding hydrogens is 174 g/mol. The Morgan fingerprint density at radius 1 is 1.43 bits per heavy atom. The summed E-state index contributed by atoms with van der Waals surface area (Å²) >= 11 is 0. The normalized spacial score (nSPS) is 13.1. The van der Waals surface area contributed by atoms with E-state index in [2.05, 4.69) is 13.0 Å². The first-order valence-corrected chi connectivity index (χ1v) is 4.72. The number of hydrogen-bond acceptors (Lipinski definition) is 2. The van der Waals surface area contributed by atoms with E-state index in [1.165, 1.54) is 5.56 Å². The smallest absolute Gasteiger partial charge is 0.126 e. The van der Waals surface area contributed by atoms with Gasteiger partial charge >= 0.3 is 0 Å². The van der Waals surface area contributed by atoms with Gasteiger partial charge in [-0.3, -0.25) is 0 Å². The van der Waals surface area contributed by atoms with E-state index in [-0.39, 0.29) is 6.04 Å². The molecule has 1 rings (SSSR count). The minimum absolute atomic E-state index is 0.0696. The van der Waals surface area contributed by atoms with Crippen LogP contribution in [0.1, 0.15) is 18.1 Å². The van der Waals surface area contributed by atoms with Crippen molar-refractivity contribution >= 4 is 6.08 Å². The third kappa shape index (κ3) is 2.89. The van der Waals surface area contributed by atoms with Crippen LogP contribution in [0.4, 0.5) is 0 Å². The Kier molecular flexibility index (Phi) is 3.72. The third-order valence-corrected chi connectivity index (χ3v) is 1.96. The van der Waals surface area contributed by atoms with Crippen LogP contribution in [-0.2, 0) is 0 Å². The van der Waals surface area contributed by atoms with Crippen molar-refractivity contribution in [2.45, 2.75) is 19.9 Å². The zero-order valence-corrected chi connectivity index (χ0v) is 8.95. The van der Waals surface area contributed by atoms with Crippen molar-refractivity contribution in [3.8, 4) is 5.75 Å². The zero-order valence-electron chi connectivity index (χ0n) is 8.95. The Bertz CT molecular complexity index is 329. The van der Waals surface area contributed by atoms with Crippen molar-refractivity contribution < 1.29 is 4.74 Å². The lowest BCUT2D eigenvalue weighted by Crippen LogP contribution is -2.09. The molecule has 2 heteroatoms. The minimum Gasteiger partial charge on any atom is -0.496 e. The molecule has 0 amide bonds. The molecule has 0 radical (unpaired) electrons. The predicted octanol–water partition coefficient (Wildman–Crippen LogP) is 2.36. The summed E-state index contributed by atoms with van der Waals surface area (Å²) in [5, 5.41) is 0. The molecule has 0 fully saturated rings. The number of rotatable bonds is 3. The van der Waals surface area contributed by atoms with Crippen LogP contribution in [0.3, 0.4) is 0 Å². The van der Waals surface area contributed by atoms with Gasteiger partial charge in [0.05, 0.1) is 7.11 Å². The molecule has 2 N–H and O–H groups in total. The molecule has 0 spiro atoms. The molecule has 0 aromatic heterocycles. The molecule has 0 saturated carbocycles. The second kappa shape index (κ2) is 4.82. The standard InChI is InChI=1S/C12H17NO/c1-9-4-7-12(14-3)11(8-9)6-5-10(2)13/h4-8,10H,13H2,1-3H3/b6-5+. The summed E-state index contributed by atoms with van der Waals surface area (Å²) in [7, 11) is 1.67. The van der Waals surface area contributed by atoms with Gasteiger partial charge in [0.25, 0.3) is 0 Å². The van der Waals surface area contributed by atoms with E-state index in [9.17, 15) is 0 Å². The Morgan fingerprint density at radius 2 is 2.14 bits per heavy atom. The predicted molar refractivity (Wildman–Crippen MR) is 60.4 cm³/mol. The van der Waals surface area contributed by atoms with E-state index < -0.39 is 0 Å². The van der Waals surface area contributed by atoms with Crippen LogP contribution in [0.2, 0.25) is 0 Å². The van der Waals surface area contributed by atoms with E-state index in [1.54, 1.807) is 7.11 Å². The summed E-state index contributed by atoms with van der Waals surface area (Å²) in [6.45, 7) is 4.00. The lowest BCUT2D eigenvalue weighted by atomic mass is 10.1. The largest absolute Gasteiger partial charge is 0.496 e. The van der Waals surface area contributed by atoms with E-state index >= 15 is 0 Å². The fraction of sp³-hybridized carbons (Fsp3) is 0.333. The number of nitrogens with two attached hydrogens (primary N) is 1. The van der Waals surface area contributed by atoms with Gasteiger partial charge in [0.1, 0.15) is 5.75 Å². The van der Waals surface area contributed by atoms with Gasteiger partial charge in [0.15, 0.2) is 0 Å². The zero-order chi connectivity index (χ0) is 10.6. The molecular formula is C12H17NO. The van der Waals surface area contributed by atoms with Gasteiger partial charge in [-0.2, -0.15) is 0 Å². The molecule has 14 heavy (non-hydrogen) atoms. The first-order valence-electron chi connectivity index (χ1n) is 4.72. The van der Waals surface area contributed by atoms with Crippen LogP contribution in [0.5, 0.6) is 5.75 Å². The lowest BCUT2D eigenvalue weighted by molar-refractivity contribution is 0.413. The van der Waals surface area contributed by atoms with Crippen LogP contribution in [0.25, 0.3) is 6.08 Å². The quantitative estimate of drug-likeness (QED) is 0.796. The molecule has 0 saturated heterocycles. The summed E-state index contributed by atoms with van der Waals surface area (Å²) in [5.41, 5.74) is 7.93. The Hall–Kier alpha value is -1.28. The Morgan fingerprint density at radius 3 is 2.71 bits per heavy atom. The van der Waals surface area contributed by atoms with Crippen LogP contribution in [0.15, 0.2) is 24.3 Å². The maximum atomic E-state index is 5.64. The summed E-state index contributed by atoms with van der Waals surface area (Å²) in [4.78, 5) is 0. The van der Waals surface area contributed by atoms with Gasteiger partial charge in [-0.25, -0.2) is 0 Å². The molecule has 1 unspecified atom stereocenters. The van der Waals surface area contributed by atoms with E-state index in [0.29, 0.717) is 0 Å². The number of aryl methyl sites for hydroxylation is 1. The molecule has 0 aliphatic rings. The van der Waals surface area contributed by atoms with Crippen molar-refractivity contribution in [3.63, 3.8) is 0 Å². The molecule has 2 nitrogen and oxygen atoms in total. The first-order chi connectivity index (χ1) is 6.63. The van der Waals surface area contributed by atoms with Crippen molar-refractivity contribution in [2.75, 3.05) is 7.11 Å². The van der Waals surface area contributed by atoms with E-state index in [4.69, 9.17) is 10.5 Å². The average molecular weight is 191 g/mol. The third-order valence-electron chi connectivity index (χ3n) is 1.96. The Balaban J connectivity index is 2.99. The van der Waals surface area contributed by atoms with Crippen LogP contribution in [-0.4, -0.2) is 13.2 Å². The highest BCUT2D eigenvalue weighted by Crippen LogP contribution is 2.20. The van der Waals surface area contributed by atoms with Gasteiger partial charge in [-0.05, 0) is 26.0 Å². The summed E-state index contributed by atoms with van der Waals surface area (Å²) in [6.07, 6.45) is 3.95. The van der Waals surface area contributed by atoms with Gasteiger partial charge in [0.2, 0.25) is 0 Å². The highest BCUT2D eigenvalue weighted by Gasteiger charge is 1.99. The monoisotopic (exact) mass is 191 g/mol. The highest BCUT2D eigenvalue weighted by atomic mass is 16.5. The number of hydrogen-bond donors (Lipinski definition) is 1. The molecule has 0 bridgehead atoms. The fourth-order valence-corrected chi connectivity index (χ4v) is 1.24. The van der Waals surface area contributed by atoms with Crippen molar-refractivity contribution in [1.82, 2.24) is 0 Å². The lowest BCUT2D eigenvalue weighted by Gasteiger charge is -2.05. The van der Waals surface area contributed by atoms with E-state index in [1.807, 2.05) is 31.2 Å². The molecule has 1 atom stereocenters. The number of benzene rings is 1. The van der Waals surface area contributed by atoms with Crippen LogP contribution in [0, 0.1) is 6.92 Å². The highest BCUT2D eigenvalue weighted by molar-refractivity contribution is 5.58. The summed E-state index contributed by atoms with van der Waals surface area (Å²) < 4.78 is 5.24. The number of ether oxygens (including phenoxy) is 1. The first kappa shape index (κ1) is 10.8. The van der Waals surface area contributed by atoms with Crippen molar-refractivity contribution in [2.24, 2.45) is 5.73 Å². The van der Waals surface area contributed by atoms with Crippen molar-refractivity contribution in [1.29, 1.82) is 0 Å². The van der Waals surface area contributed by atoms with Gasteiger partial charge in [-0.1, -0.05) is 23.8 Å². The van der Waals surface area contributed by atoms with Gasteiger partial charge in [0, 0.05) is 11.6 Å². The molecule has 76 valence electrons. The van der Waals surface area contributed by atoms with Crippen molar-refractivity contribution in [3.05, 3.63) is 35.4 Å². The molecule has 0 heterocycles. The molecule has 0 aliphatic carbocycles.